The number of phenols is 1. The molecule has 5 rings (SSSR count). The standard InChI is InChI=1S/C23H19N5OS/c29-17-11-9-16(10-12-17)28-22(21(26-23(28)30)18-6-1-3-13-24-18)19-7-5-15-27(19)20-8-2-4-14-25-20/h1-15,21-22,29H,(H,26,30)/t21-,22-/m1/s1. The minimum absolute atomic E-state index is 0.148. The van der Waals surface area contributed by atoms with Crippen molar-refractivity contribution in [2.75, 3.05) is 4.90 Å². The molecular weight excluding hydrogens is 394 g/mol. The summed E-state index contributed by atoms with van der Waals surface area (Å²) in [5, 5.41) is 13.8. The molecule has 3 aromatic heterocycles. The number of nitrogens with zero attached hydrogens (tertiary/aromatic N) is 4. The highest BCUT2D eigenvalue weighted by molar-refractivity contribution is 7.80. The molecule has 0 aliphatic carbocycles. The van der Waals surface area contributed by atoms with Crippen molar-refractivity contribution in [2.24, 2.45) is 0 Å². The van der Waals surface area contributed by atoms with Gasteiger partial charge in [-0.2, -0.15) is 0 Å². The van der Waals surface area contributed by atoms with E-state index in [-0.39, 0.29) is 17.8 Å². The zero-order valence-electron chi connectivity index (χ0n) is 16.0. The van der Waals surface area contributed by atoms with Gasteiger partial charge in [0.1, 0.15) is 17.6 Å². The second-order valence-electron chi connectivity index (χ2n) is 7.00. The highest BCUT2D eigenvalue weighted by Crippen LogP contribution is 2.42. The van der Waals surface area contributed by atoms with Gasteiger partial charge < -0.3 is 19.9 Å². The van der Waals surface area contributed by atoms with E-state index in [0.29, 0.717) is 5.11 Å². The predicted octanol–water partition coefficient (Wildman–Crippen LogP) is 4.15. The summed E-state index contributed by atoms with van der Waals surface area (Å²) in [7, 11) is 0. The molecule has 1 aromatic carbocycles. The Hall–Kier alpha value is -3.71. The SMILES string of the molecule is Oc1ccc(N2C(=S)N[C@H](c3ccccn3)[C@H]2c2cccn2-c2ccccn2)cc1. The van der Waals surface area contributed by atoms with Crippen LogP contribution in [-0.4, -0.2) is 24.8 Å². The lowest BCUT2D eigenvalue weighted by Crippen LogP contribution is -2.30. The average Bonchev–Trinajstić information content (AvgIpc) is 3.40. The van der Waals surface area contributed by atoms with E-state index < -0.39 is 0 Å². The Balaban J connectivity index is 1.67. The summed E-state index contributed by atoms with van der Waals surface area (Å²) in [5.41, 5.74) is 2.83. The lowest BCUT2D eigenvalue weighted by molar-refractivity contribution is 0.475. The van der Waals surface area contributed by atoms with Crippen LogP contribution in [0.2, 0.25) is 0 Å². The third kappa shape index (κ3) is 3.19. The zero-order chi connectivity index (χ0) is 20.5. The maximum Gasteiger partial charge on any atom is 0.174 e. The van der Waals surface area contributed by atoms with Gasteiger partial charge in [0.15, 0.2) is 5.11 Å². The molecule has 6 nitrogen and oxygen atoms in total. The molecule has 30 heavy (non-hydrogen) atoms. The van der Waals surface area contributed by atoms with Crippen LogP contribution in [0.5, 0.6) is 5.75 Å². The van der Waals surface area contributed by atoms with Gasteiger partial charge >= 0.3 is 0 Å². The second-order valence-corrected chi connectivity index (χ2v) is 7.39. The van der Waals surface area contributed by atoms with E-state index in [9.17, 15) is 5.11 Å². The maximum atomic E-state index is 9.75. The molecule has 1 aliphatic heterocycles. The van der Waals surface area contributed by atoms with E-state index in [0.717, 1.165) is 22.9 Å². The van der Waals surface area contributed by atoms with Crippen molar-refractivity contribution >= 4 is 23.0 Å². The van der Waals surface area contributed by atoms with Gasteiger partial charge in [-0.05, 0) is 72.9 Å². The Morgan fingerprint density at radius 1 is 0.867 bits per heavy atom. The molecule has 4 heterocycles. The molecule has 0 radical (unpaired) electrons. The van der Waals surface area contributed by atoms with Crippen LogP contribution in [0.25, 0.3) is 5.82 Å². The molecular formula is C23H19N5OS. The van der Waals surface area contributed by atoms with E-state index in [1.165, 1.54) is 0 Å². The Labute approximate surface area is 179 Å². The van der Waals surface area contributed by atoms with E-state index in [1.54, 1.807) is 24.5 Å². The third-order valence-corrected chi connectivity index (χ3v) is 5.52. The second kappa shape index (κ2) is 7.61. The quantitative estimate of drug-likeness (QED) is 0.490. The molecule has 0 saturated carbocycles. The maximum absolute atomic E-state index is 9.75. The molecule has 7 heteroatoms. The molecule has 4 aromatic rings. The van der Waals surface area contributed by atoms with Crippen LogP contribution in [0.1, 0.15) is 23.5 Å². The van der Waals surface area contributed by atoms with Crippen molar-refractivity contribution < 1.29 is 5.11 Å². The number of pyridine rings is 2. The first-order chi connectivity index (χ1) is 14.7. The first kappa shape index (κ1) is 18.3. The molecule has 2 N–H and O–H groups in total. The largest absolute Gasteiger partial charge is 0.508 e. The fourth-order valence-corrected chi connectivity index (χ4v) is 4.23. The van der Waals surface area contributed by atoms with Crippen LogP contribution >= 0.6 is 12.2 Å². The Morgan fingerprint density at radius 2 is 1.63 bits per heavy atom. The van der Waals surface area contributed by atoms with Gasteiger partial charge in [-0.25, -0.2) is 4.98 Å². The number of aromatic hydroxyl groups is 1. The fraction of sp³-hybridized carbons (Fsp3) is 0.0870. The number of nitrogens with one attached hydrogen (secondary N) is 1. The zero-order valence-corrected chi connectivity index (χ0v) is 16.8. The van der Waals surface area contributed by atoms with Crippen LogP contribution in [-0.2, 0) is 0 Å². The van der Waals surface area contributed by atoms with Gasteiger partial charge in [0, 0.05) is 30.0 Å². The third-order valence-electron chi connectivity index (χ3n) is 5.21. The smallest absolute Gasteiger partial charge is 0.174 e. The van der Waals surface area contributed by atoms with E-state index in [1.807, 2.05) is 60.8 Å². The highest BCUT2D eigenvalue weighted by atomic mass is 32.1. The summed E-state index contributed by atoms with van der Waals surface area (Å²) in [6.45, 7) is 0. The summed E-state index contributed by atoms with van der Waals surface area (Å²) in [4.78, 5) is 11.2. The van der Waals surface area contributed by atoms with E-state index in [4.69, 9.17) is 12.2 Å². The molecule has 0 spiro atoms. The number of thiocarbonyl (C=S) groups is 1. The van der Waals surface area contributed by atoms with Gasteiger partial charge in [-0.3, -0.25) is 4.98 Å². The molecule has 1 fully saturated rings. The summed E-state index contributed by atoms with van der Waals surface area (Å²) in [5.74, 6) is 1.05. The van der Waals surface area contributed by atoms with Crippen LogP contribution in [0.3, 0.4) is 0 Å². The lowest BCUT2D eigenvalue weighted by atomic mass is 10.0. The van der Waals surface area contributed by atoms with E-state index >= 15 is 0 Å². The first-order valence-electron chi connectivity index (χ1n) is 9.61. The lowest BCUT2D eigenvalue weighted by Gasteiger charge is -2.28. The van der Waals surface area contributed by atoms with Crippen molar-refractivity contribution in [2.45, 2.75) is 12.1 Å². The van der Waals surface area contributed by atoms with E-state index in [2.05, 4.69) is 30.8 Å². The summed E-state index contributed by atoms with van der Waals surface area (Å²) in [6, 6.07) is 22.6. The number of rotatable bonds is 4. The van der Waals surface area contributed by atoms with Crippen LogP contribution < -0.4 is 10.2 Å². The summed E-state index contributed by atoms with van der Waals surface area (Å²) >= 11 is 5.74. The molecule has 0 unspecified atom stereocenters. The minimum atomic E-state index is -0.158. The summed E-state index contributed by atoms with van der Waals surface area (Å²) in [6.07, 6.45) is 5.58. The molecule has 0 amide bonds. The highest BCUT2D eigenvalue weighted by Gasteiger charge is 2.42. The Bertz CT molecular complexity index is 1160. The average molecular weight is 414 g/mol. The number of anilines is 1. The topological polar surface area (TPSA) is 66.2 Å². The number of hydrogen-bond acceptors (Lipinski definition) is 4. The van der Waals surface area contributed by atoms with Gasteiger partial charge in [0.2, 0.25) is 0 Å². The Morgan fingerprint density at radius 3 is 2.33 bits per heavy atom. The molecule has 1 saturated heterocycles. The monoisotopic (exact) mass is 413 g/mol. The van der Waals surface area contributed by atoms with Gasteiger partial charge in [-0.1, -0.05) is 12.1 Å². The normalized spacial score (nSPS) is 18.4. The first-order valence-corrected chi connectivity index (χ1v) is 10.0. The van der Waals surface area contributed by atoms with Crippen LogP contribution in [0.4, 0.5) is 5.69 Å². The van der Waals surface area contributed by atoms with Gasteiger partial charge in [-0.15, -0.1) is 0 Å². The van der Waals surface area contributed by atoms with Crippen molar-refractivity contribution in [1.29, 1.82) is 0 Å². The van der Waals surface area contributed by atoms with Crippen molar-refractivity contribution in [3.8, 4) is 11.6 Å². The number of aromatic nitrogens is 3. The van der Waals surface area contributed by atoms with Crippen molar-refractivity contribution in [3.63, 3.8) is 0 Å². The number of phenolic OH excluding ortho intramolecular Hbond substituents is 1. The van der Waals surface area contributed by atoms with Gasteiger partial charge in [0.05, 0.1) is 11.7 Å². The predicted molar refractivity (Wildman–Crippen MR) is 120 cm³/mol. The van der Waals surface area contributed by atoms with Crippen molar-refractivity contribution in [3.05, 3.63) is 103 Å². The molecule has 2 atom stereocenters. The van der Waals surface area contributed by atoms with Crippen LogP contribution in [0, 0.1) is 0 Å². The molecule has 1 aliphatic rings. The minimum Gasteiger partial charge on any atom is -0.508 e. The van der Waals surface area contributed by atoms with Crippen molar-refractivity contribution in [1.82, 2.24) is 19.9 Å². The number of hydrogen-bond donors (Lipinski definition) is 2. The molecule has 148 valence electrons. The van der Waals surface area contributed by atoms with Gasteiger partial charge in [0.25, 0.3) is 0 Å². The fourth-order valence-electron chi connectivity index (χ4n) is 3.89. The molecule has 0 bridgehead atoms. The van der Waals surface area contributed by atoms with Crippen LogP contribution in [0.15, 0.2) is 91.4 Å². The Kier molecular flexibility index (Phi) is 4.65. The number of benzene rings is 1. The summed E-state index contributed by atoms with van der Waals surface area (Å²) < 4.78 is 2.07.